The van der Waals surface area contributed by atoms with Crippen LogP contribution >= 0.6 is 0 Å². The first-order chi connectivity index (χ1) is 19.7. The highest BCUT2D eigenvalue weighted by atomic mass is 15.6. The van der Waals surface area contributed by atoms with Crippen molar-refractivity contribution in [1.82, 2.24) is 10.0 Å². The summed E-state index contributed by atoms with van der Waals surface area (Å²) < 4.78 is 0. The molecule has 0 bridgehead atoms. The van der Waals surface area contributed by atoms with E-state index in [4.69, 9.17) is 0 Å². The molecule has 0 radical (unpaired) electrons. The van der Waals surface area contributed by atoms with Crippen molar-refractivity contribution in [3.05, 3.63) is 0 Å². The first-order valence-corrected chi connectivity index (χ1v) is 19.1. The van der Waals surface area contributed by atoms with E-state index in [0.29, 0.717) is 0 Å². The van der Waals surface area contributed by atoms with Crippen LogP contribution in [-0.2, 0) is 0 Å². The Morgan fingerprint density at radius 2 is 0.375 bits per heavy atom. The van der Waals surface area contributed by atoms with Gasteiger partial charge in [-0.1, -0.05) is 206 Å². The summed E-state index contributed by atoms with van der Waals surface area (Å²) in [6.07, 6.45) is 46.4. The van der Waals surface area contributed by atoms with Gasteiger partial charge >= 0.3 is 0 Å². The van der Waals surface area contributed by atoms with Crippen molar-refractivity contribution in [3.8, 4) is 0 Å². The Kier molecular flexibility index (Phi) is 35.0. The number of unbranched alkanes of at least 4 members (excludes halogenated alkanes) is 30. The van der Waals surface area contributed by atoms with Gasteiger partial charge in [0.2, 0.25) is 0 Å². The van der Waals surface area contributed by atoms with E-state index in [1.54, 1.807) is 0 Å². The second kappa shape index (κ2) is 35.1. The second-order valence-corrected chi connectivity index (χ2v) is 13.4. The predicted molar refractivity (Wildman–Crippen MR) is 184 cm³/mol. The highest BCUT2D eigenvalue weighted by Gasteiger charge is 2.05. The molecule has 0 rings (SSSR count). The number of hydrogen-bond donors (Lipinski definition) is 0. The fraction of sp³-hybridized carbons (Fsp3) is 1.00. The predicted octanol–water partition coefficient (Wildman–Crippen LogP) is 13.3. The molecule has 0 fully saturated rings. The Morgan fingerprint density at radius 1 is 0.225 bits per heavy atom. The van der Waals surface area contributed by atoms with Gasteiger partial charge in [-0.15, -0.1) is 0 Å². The molecule has 0 aliphatic carbocycles. The smallest absolute Gasteiger partial charge is 0.0130 e. The minimum absolute atomic E-state index is 1.23. The summed E-state index contributed by atoms with van der Waals surface area (Å²) >= 11 is 0. The highest BCUT2D eigenvalue weighted by molar-refractivity contribution is 4.55. The highest BCUT2D eigenvalue weighted by Crippen LogP contribution is 2.15. The quantitative estimate of drug-likeness (QED) is 0.0558. The summed E-state index contributed by atoms with van der Waals surface area (Å²) in [6.45, 7) is 7.07. The van der Waals surface area contributed by atoms with Gasteiger partial charge in [-0.2, -0.15) is 0 Å². The van der Waals surface area contributed by atoms with Gasteiger partial charge < -0.3 is 0 Å². The molecule has 0 atom stereocenters. The first kappa shape index (κ1) is 39.9. The van der Waals surface area contributed by atoms with E-state index in [2.05, 4.69) is 38.0 Å². The van der Waals surface area contributed by atoms with Gasteiger partial charge in [0.25, 0.3) is 0 Å². The molecule has 2 nitrogen and oxygen atoms in total. The molecular weight excluding hydrogens is 484 g/mol. The third-order valence-corrected chi connectivity index (χ3v) is 9.25. The largest absolute Gasteiger partial charge is 0.245 e. The molecule has 0 heterocycles. The monoisotopic (exact) mass is 565 g/mol. The lowest BCUT2D eigenvalue weighted by Gasteiger charge is -2.28. The first-order valence-electron chi connectivity index (χ1n) is 19.1. The molecule has 0 saturated carbocycles. The molecule has 0 N–H and O–H groups in total. The number of hydrazine groups is 1. The third kappa shape index (κ3) is 32.4. The zero-order chi connectivity index (χ0) is 29.2. The Labute approximate surface area is 256 Å². The van der Waals surface area contributed by atoms with Crippen molar-refractivity contribution in [2.75, 3.05) is 27.2 Å². The number of hydrogen-bond acceptors (Lipinski definition) is 2. The van der Waals surface area contributed by atoms with Gasteiger partial charge in [0, 0.05) is 27.2 Å². The number of rotatable bonds is 35. The van der Waals surface area contributed by atoms with E-state index in [0.717, 1.165) is 0 Å². The van der Waals surface area contributed by atoms with E-state index in [9.17, 15) is 0 Å². The van der Waals surface area contributed by atoms with Gasteiger partial charge in [-0.05, 0) is 12.8 Å². The van der Waals surface area contributed by atoms with Gasteiger partial charge in [-0.3, -0.25) is 0 Å². The summed E-state index contributed by atoms with van der Waals surface area (Å²) in [5.41, 5.74) is 0. The molecule has 0 aromatic carbocycles. The Hall–Kier alpha value is -0.0800. The average Bonchev–Trinajstić information content (AvgIpc) is 2.96. The fourth-order valence-corrected chi connectivity index (χ4v) is 6.12. The Balaban J connectivity index is 3.26. The molecule has 0 saturated heterocycles. The average molecular weight is 565 g/mol. The van der Waals surface area contributed by atoms with Crippen LogP contribution in [0.1, 0.15) is 219 Å². The van der Waals surface area contributed by atoms with Gasteiger partial charge in [0.1, 0.15) is 0 Å². The zero-order valence-electron chi connectivity index (χ0n) is 28.9. The zero-order valence-corrected chi connectivity index (χ0v) is 28.9. The van der Waals surface area contributed by atoms with Gasteiger partial charge in [0.05, 0.1) is 0 Å². The van der Waals surface area contributed by atoms with Crippen LogP contribution in [-0.4, -0.2) is 37.2 Å². The SMILES string of the molecule is CCCCCCCCCCCCCCCCCCN(C)N(C)CCCCCCCCCCCCCCCCCC. The Morgan fingerprint density at radius 3 is 0.550 bits per heavy atom. The summed E-state index contributed by atoms with van der Waals surface area (Å²) in [6, 6.07) is 0. The van der Waals surface area contributed by atoms with Crippen LogP contribution in [0.15, 0.2) is 0 Å². The van der Waals surface area contributed by atoms with Crippen LogP contribution in [0.3, 0.4) is 0 Å². The van der Waals surface area contributed by atoms with Gasteiger partial charge in [0.15, 0.2) is 0 Å². The molecule has 0 spiro atoms. The van der Waals surface area contributed by atoms with Crippen LogP contribution in [0.4, 0.5) is 0 Å². The minimum atomic E-state index is 1.23. The standard InChI is InChI=1S/C38H80N2/c1-5-7-9-11-13-15-17-19-21-23-25-27-29-31-33-35-37-39(3)40(4)38-36-34-32-30-28-26-24-22-20-18-16-14-12-10-8-6-2/h5-38H2,1-4H3. The molecule has 0 aliphatic heterocycles. The maximum absolute atomic E-state index is 2.47. The fourth-order valence-electron chi connectivity index (χ4n) is 6.12. The molecule has 40 heavy (non-hydrogen) atoms. The topological polar surface area (TPSA) is 6.48 Å². The molecule has 0 amide bonds. The lowest BCUT2D eigenvalue weighted by Crippen LogP contribution is -2.37. The van der Waals surface area contributed by atoms with Crippen LogP contribution < -0.4 is 0 Å². The van der Waals surface area contributed by atoms with E-state index in [1.807, 2.05) is 0 Å². The Bertz CT molecular complexity index is 397. The minimum Gasteiger partial charge on any atom is -0.245 e. The van der Waals surface area contributed by atoms with E-state index < -0.39 is 0 Å². The summed E-state index contributed by atoms with van der Waals surface area (Å²) in [5, 5.41) is 4.93. The van der Waals surface area contributed by atoms with Crippen LogP contribution in [0, 0.1) is 0 Å². The maximum atomic E-state index is 2.47. The molecule has 0 aliphatic rings. The summed E-state index contributed by atoms with van der Waals surface area (Å²) in [7, 11) is 4.58. The molecule has 0 aromatic heterocycles. The second-order valence-electron chi connectivity index (χ2n) is 13.4. The number of nitrogens with zero attached hydrogens (tertiary/aromatic N) is 2. The summed E-state index contributed by atoms with van der Waals surface area (Å²) in [4.78, 5) is 0. The lowest BCUT2D eigenvalue weighted by molar-refractivity contribution is 0.0240. The van der Waals surface area contributed by atoms with Crippen molar-refractivity contribution >= 4 is 0 Å². The normalized spacial score (nSPS) is 11.8. The molecule has 2 heteroatoms. The maximum Gasteiger partial charge on any atom is 0.0130 e. The molecule has 0 aromatic rings. The van der Waals surface area contributed by atoms with Crippen molar-refractivity contribution in [2.24, 2.45) is 0 Å². The van der Waals surface area contributed by atoms with E-state index in [-0.39, 0.29) is 0 Å². The molecule has 0 unspecified atom stereocenters. The third-order valence-electron chi connectivity index (χ3n) is 9.25. The van der Waals surface area contributed by atoms with Crippen molar-refractivity contribution in [2.45, 2.75) is 219 Å². The van der Waals surface area contributed by atoms with Crippen molar-refractivity contribution < 1.29 is 0 Å². The molecule has 242 valence electrons. The van der Waals surface area contributed by atoms with Crippen LogP contribution in [0.2, 0.25) is 0 Å². The van der Waals surface area contributed by atoms with E-state index >= 15 is 0 Å². The van der Waals surface area contributed by atoms with Crippen LogP contribution in [0.25, 0.3) is 0 Å². The lowest BCUT2D eigenvalue weighted by atomic mass is 10.0. The summed E-state index contributed by atoms with van der Waals surface area (Å²) in [5.74, 6) is 0. The van der Waals surface area contributed by atoms with Gasteiger partial charge in [-0.25, -0.2) is 10.0 Å². The van der Waals surface area contributed by atoms with E-state index in [1.165, 1.54) is 219 Å². The van der Waals surface area contributed by atoms with Crippen molar-refractivity contribution in [1.29, 1.82) is 0 Å². The van der Waals surface area contributed by atoms with Crippen molar-refractivity contribution in [3.63, 3.8) is 0 Å². The molecular formula is C38H80N2. The van der Waals surface area contributed by atoms with Crippen LogP contribution in [0.5, 0.6) is 0 Å².